The van der Waals surface area contributed by atoms with Crippen LogP contribution in [-0.4, -0.2) is 6.29 Å². The zero-order valence-corrected chi connectivity index (χ0v) is 13.8. The minimum absolute atomic E-state index is 0.798. The first-order valence-electron chi connectivity index (χ1n) is 7.09. The van der Waals surface area contributed by atoms with Crippen LogP contribution < -0.4 is 0 Å². The van der Waals surface area contributed by atoms with Crippen LogP contribution in [0.25, 0.3) is 0 Å². The molecule has 0 spiro atoms. The number of rotatable bonds is 7. The Hall–Kier alpha value is -2.15. The van der Waals surface area contributed by atoms with Gasteiger partial charge >= 0.3 is 0 Å². The summed E-state index contributed by atoms with van der Waals surface area (Å²) in [6.45, 7) is 10.2. The average Bonchev–Trinajstić information content (AvgIpc) is 2.38. The van der Waals surface area contributed by atoms with E-state index in [2.05, 4.69) is 51.2 Å². The van der Waals surface area contributed by atoms with Gasteiger partial charge in [-0.1, -0.05) is 71.4 Å². The van der Waals surface area contributed by atoms with E-state index in [1.807, 2.05) is 38.2 Å². The Morgan fingerprint density at radius 3 is 1.33 bits per heavy atom. The van der Waals surface area contributed by atoms with Gasteiger partial charge < -0.3 is 0 Å². The molecule has 0 aliphatic rings. The van der Waals surface area contributed by atoms with Crippen molar-refractivity contribution in [1.82, 2.24) is 0 Å². The van der Waals surface area contributed by atoms with Gasteiger partial charge in [0, 0.05) is 0 Å². The van der Waals surface area contributed by atoms with Gasteiger partial charge in [-0.3, -0.25) is 4.79 Å². The molecule has 0 aliphatic carbocycles. The van der Waals surface area contributed by atoms with E-state index >= 15 is 0 Å². The van der Waals surface area contributed by atoms with Gasteiger partial charge in [0.1, 0.15) is 6.29 Å². The lowest BCUT2D eigenvalue weighted by Gasteiger charge is -1.90. The zero-order valence-electron chi connectivity index (χ0n) is 13.8. The molecule has 0 atom stereocenters. The second kappa shape index (κ2) is 11.7. The van der Waals surface area contributed by atoms with E-state index in [1.165, 1.54) is 11.1 Å². The van der Waals surface area contributed by atoms with Crippen LogP contribution in [0.3, 0.4) is 0 Å². The quantitative estimate of drug-likeness (QED) is 0.334. The summed E-state index contributed by atoms with van der Waals surface area (Å²) in [5.74, 6) is 0. The molecule has 0 aliphatic heterocycles. The number of allylic oxidation sites excluding steroid dienone is 14. The standard InChI is InChI=1S/C20H26O/c1-17(2)9-6-10-18(3)11-7-12-19(4)13-8-14-20(5)15-16-21/h6-16H,1-5H3/b10-6+,12-7+,14-8+,18-11+,19-13+,20-15+. The van der Waals surface area contributed by atoms with Crippen molar-refractivity contribution in [3.05, 3.63) is 83.1 Å². The van der Waals surface area contributed by atoms with Crippen molar-refractivity contribution in [2.45, 2.75) is 34.6 Å². The highest BCUT2D eigenvalue weighted by atomic mass is 16.1. The van der Waals surface area contributed by atoms with Crippen LogP contribution in [0.5, 0.6) is 0 Å². The number of hydrogen-bond donors (Lipinski definition) is 0. The molecule has 0 N–H and O–H groups in total. The second-order valence-corrected chi connectivity index (χ2v) is 5.19. The SMILES string of the molecule is CC(C)=C/C=C/C(C)=C/C=C/C(C)=C/C=C/C(C)=C/C=O. The first kappa shape index (κ1) is 18.9. The predicted octanol–water partition coefficient (Wildman–Crippen LogP) is 5.66. The Labute approximate surface area is 129 Å². The topological polar surface area (TPSA) is 17.1 Å². The van der Waals surface area contributed by atoms with Crippen LogP contribution in [0.2, 0.25) is 0 Å². The predicted molar refractivity (Wildman–Crippen MR) is 94.2 cm³/mol. The molecule has 0 amide bonds. The summed E-state index contributed by atoms with van der Waals surface area (Å²) < 4.78 is 0. The number of aldehydes is 1. The number of carbonyl (C=O) groups is 1. The maximum atomic E-state index is 10.3. The molecule has 0 radical (unpaired) electrons. The van der Waals surface area contributed by atoms with Gasteiger partial charge in [0.15, 0.2) is 0 Å². The molecule has 0 aromatic heterocycles. The summed E-state index contributed by atoms with van der Waals surface area (Å²) >= 11 is 0. The maximum absolute atomic E-state index is 10.3. The molecule has 0 aromatic rings. The Balaban J connectivity index is 4.53. The van der Waals surface area contributed by atoms with Crippen LogP contribution in [0, 0.1) is 0 Å². The van der Waals surface area contributed by atoms with E-state index in [1.54, 1.807) is 6.08 Å². The largest absolute Gasteiger partial charge is 0.299 e. The Kier molecular flexibility index (Phi) is 10.5. The summed E-state index contributed by atoms with van der Waals surface area (Å²) in [6, 6.07) is 0. The summed E-state index contributed by atoms with van der Waals surface area (Å²) in [5.41, 5.74) is 4.59. The van der Waals surface area contributed by atoms with Crippen LogP contribution in [-0.2, 0) is 4.79 Å². The molecule has 112 valence electrons. The van der Waals surface area contributed by atoms with Crippen LogP contribution >= 0.6 is 0 Å². The highest BCUT2D eigenvalue weighted by molar-refractivity contribution is 5.66. The molecule has 0 rings (SSSR count). The first-order chi connectivity index (χ1) is 9.95. The second-order valence-electron chi connectivity index (χ2n) is 5.19. The molecule has 0 fully saturated rings. The van der Waals surface area contributed by atoms with Crippen molar-refractivity contribution in [1.29, 1.82) is 0 Å². The molecular formula is C20H26O. The molecule has 0 aromatic carbocycles. The maximum Gasteiger partial charge on any atom is 0.143 e. The fraction of sp³-hybridized carbons (Fsp3) is 0.250. The van der Waals surface area contributed by atoms with Crippen molar-refractivity contribution in [3.63, 3.8) is 0 Å². The molecular weight excluding hydrogens is 256 g/mol. The minimum Gasteiger partial charge on any atom is -0.299 e. The molecule has 21 heavy (non-hydrogen) atoms. The van der Waals surface area contributed by atoms with E-state index < -0.39 is 0 Å². The fourth-order valence-electron chi connectivity index (χ4n) is 1.37. The molecule has 0 heterocycles. The lowest BCUT2D eigenvalue weighted by Crippen LogP contribution is -1.71. The molecule has 1 nitrogen and oxygen atoms in total. The number of hydrogen-bond acceptors (Lipinski definition) is 1. The van der Waals surface area contributed by atoms with E-state index in [0.717, 1.165) is 17.4 Å². The third-order valence-corrected chi connectivity index (χ3v) is 2.56. The van der Waals surface area contributed by atoms with Crippen LogP contribution in [0.4, 0.5) is 0 Å². The highest BCUT2D eigenvalue weighted by Crippen LogP contribution is 2.01. The summed E-state index contributed by atoms with van der Waals surface area (Å²) in [4.78, 5) is 10.3. The van der Waals surface area contributed by atoms with Gasteiger partial charge in [-0.25, -0.2) is 0 Å². The van der Waals surface area contributed by atoms with E-state index in [9.17, 15) is 4.79 Å². The first-order valence-corrected chi connectivity index (χ1v) is 7.09. The third kappa shape index (κ3) is 12.6. The van der Waals surface area contributed by atoms with Gasteiger partial charge in [0.25, 0.3) is 0 Å². The van der Waals surface area contributed by atoms with Gasteiger partial charge in [-0.05, 0) is 46.3 Å². The minimum atomic E-state index is 0.798. The lowest BCUT2D eigenvalue weighted by molar-refractivity contribution is -0.104. The Bertz CT molecular complexity index is 528. The van der Waals surface area contributed by atoms with E-state index in [0.29, 0.717) is 0 Å². The normalized spacial score (nSPS) is 14.4. The Morgan fingerprint density at radius 1 is 0.571 bits per heavy atom. The summed E-state index contributed by atoms with van der Waals surface area (Å²) in [5, 5.41) is 0. The van der Waals surface area contributed by atoms with Gasteiger partial charge in [0.2, 0.25) is 0 Å². The number of carbonyl (C=O) groups excluding carboxylic acids is 1. The van der Waals surface area contributed by atoms with Crippen LogP contribution in [0.1, 0.15) is 34.6 Å². The molecule has 0 unspecified atom stereocenters. The average molecular weight is 282 g/mol. The summed E-state index contributed by atoms with van der Waals surface area (Å²) in [7, 11) is 0. The molecule has 0 saturated carbocycles. The van der Waals surface area contributed by atoms with E-state index in [4.69, 9.17) is 0 Å². The van der Waals surface area contributed by atoms with Crippen molar-refractivity contribution < 1.29 is 4.79 Å². The van der Waals surface area contributed by atoms with Gasteiger partial charge in [0.05, 0.1) is 0 Å². The lowest BCUT2D eigenvalue weighted by atomic mass is 10.2. The smallest absolute Gasteiger partial charge is 0.143 e. The molecule has 1 heteroatoms. The summed E-state index contributed by atoms with van der Waals surface area (Å²) in [6.07, 6.45) is 20.6. The Morgan fingerprint density at radius 2 is 0.952 bits per heavy atom. The van der Waals surface area contributed by atoms with Gasteiger partial charge in [-0.15, -0.1) is 0 Å². The van der Waals surface area contributed by atoms with Crippen LogP contribution in [0.15, 0.2) is 83.1 Å². The molecule has 0 bridgehead atoms. The third-order valence-electron chi connectivity index (χ3n) is 2.56. The van der Waals surface area contributed by atoms with E-state index in [-0.39, 0.29) is 0 Å². The van der Waals surface area contributed by atoms with Crippen molar-refractivity contribution >= 4 is 6.29 Å². The molecule has 0 saturated heterocycles. The van der Waals surface area contributed by atoms with Crippen molar-refractivity contribution in [2.24, 2.45) is 0 Å². The van der Waals surface area contributed by atoms with Crippen molar-refractivity contribution in [3.8, 4) is 0 Å². The fourth-order valence-corrected chi connectivity index (χ4v) is 1.37. The monoisotopic (exact) mass is 282 g/mol. The highest BCUT2D eigenvalue weighted by Gasteiger charge is 1.81. The van der Waals surface area contributed by atoms with Crippen molar-refractivity contribution in [2.75, 3.05) is 0 Å². The van der Waals surface area contributed by atoms with Gasteiger partial charge in [-0.2, -0.15) is 0 Å². The zero-order chi connectivity index (χ0) is 16.1.